The summed E-state index contributed by atoms with van der Waals surface area (Å²) in [6, 6.07) is 2.60. The van der Waals surface area contributed by atoms with Crippen molar-refractivity contribution in [1.82, 2.24) is 35.9 Å². The van der Waals surface area contributed by atoms with Crippen LogP contribution in [0.3, 0.4) is 0 Å². The first-order valence-electron chi connectivity index (χ1n) is 9.73. The van der Waals surface area contributed by atoms with Gasteiger partial charge in [0.05, 0.1) is 19.8 Å². The number of piperidine rings is 1. The molecule has 0 unspecified atom stereocenters. The lowest BCUT2D eigenvalue weighted by Gasteiger charge is -2.34. The Labute approximate surface area is 158 Å². The Morgan fingerprint density at radius 3 is 2.67 bits per heavy atom. The van der Waals surface area contributed by atoms with E-state index in [1.807, 2.05) is 0 Å². The SMILES string of the molecule is CCc1cc(N2CCC(NCc3nn[nH]n3)CC2)nc(N2CCOCC2)n1. The van der Waals surface area contributed by atoms with Crippen LogP contribution in [0.5, 0.6) is 0 Å². The number of aryl methyl sites for hydroxylation is 1. The number of rotatable bonds is 6. The van der Waals surface area contributed by atoms with Crippen molar-refractivity contribution in [3.8, 4) is 0 Å². The molecule has 0 aromatic carbocycles. The van der Waals surface area contributed by atoms with Crippen LogP contribution in [0.1, 0.15) is 31.3 Å². The normalized spacial score (nSPS) is 18.9. The summed E-state index contributed by atoms with van der Waals surface area (Å²) in [5, 5.41) is 17.6. The molecule has 0 aliphatic carbocycles. The Morgan fingerprint density at radius 1 is 1.15 bits per heavy atom. The second-order valence-electron chi connectivity index (χ2n) is 6.94. The van der Waals surface area contributed by atoms with Crippen LogP contribution in [0, 0.1) is 0 Å². The van der Waals surface area contributed by atoms with E-state index in [1.165, 1.54) is 0 Å². The van der Waals surface area contributed by atoms with Gasteiger partial charge in [-0.1, -0.05) is 12.1 Å². The van der Waals surface area contributed by atoms with E-state index in [2.05, 4.69) is 48.7 Å². The number of nitrogens with zero attached hydrogens (tertiary/aromatic N) is 7. The highest BCUT2D eigenvalue weighted by Gasteiger charge is 2.22. The number of tetrazole rings is 1. The molecule has 2 aliphatic rings. The molecule has 4 heterocycles. The van der Waals surface area contributed by atoms with Crippen LogP contribution >= 0.6 is 0 Å². The van der Waals surface area contributed by atoms with E-state index in [4.69, 9.17) is 14.7 Å². The number of aromatic nitrogens is 6. The first kappa shape index (κ1) is 18.1. The highest BCUT2D eigenvalue weighted by atomic mass is 16.5. The topological polar surface area (TPSA) is 108 Å². The van der Waals surface area contributed by atoms with Crippen molar-refractivity contribution in [1.29, 1.82) is 0 Å². The van der Waals surface area contributed by atoms with Gasteiger partial charge in [-0.25, -0.2) is 4.98 Å². The van der Waals surface area contributed by atoms with Gasteiger partial charge in [0.2, 0.25) is 5.95 Å². The fraction of sp³-hybridized carbons (Fsp3) is 0.706. The monoisotopic (exact) mass is 373 g/mol. The van der Waals surface area contributed by atoms with Gasteiger partial charge in [-0.15, -0.1) is 10.2 Å². The van der Waals surface area contributed by atoms with Crippen LogP contribution < -0.4 is 15.1 Å². The Kier molecular flexibility index (Phi) is 5.73. The second kappa shape index (κ2) is 8.57. The van der Waals surface area contributed by atoms with E-state index in [1.54, 1.807) is 0 Å². The summed E-state index contributed by atoms with van der Waals surface area (Å²) in [4.78, 5) is 14.2. The fourth-order valence-corrected chi connectivity index (χ4v) is 3.52. The van der Waals surface area contributed by atoms with Crippen LogP contribution in [0.25, 0.3) is 0 Å². The predicted molar refractivity (Wildman–Crippen MR) is 101 cm³/mol. The van der Waals surface area contributed by atoms with E-state index >= 15 is 0 Å². The summed E-state index contributed by atoms with van der Waals surface area (Å²) < 4.78 is 5.46. The minimum atomic E-state index is 0.464. The van der Waals surface area contributed by atoms with Crippen molar-refractivity contribution in [2.24, 2.45) is 0 Å². The quantitative estimate of drug-likeness (QED) is 0.731. The van der Waals surface area contributed by atoms with E-state index in [9.17, 15) is 0 Å². The molecule has 0 saturated carbocycles. The number of hydrogen-bond acceptors (Lipinski definition) is 9. The van der Waals surface area contributed by atoms with Gasteiger partial charge in [0.1, 0.15) is 5.82 Å². The maximum atomic E-state index is 5.46. The summed E-state index contributed by atoms with van der Waals surface area (Å²) in [6.07, 6.45) is 3.04. The number of anilines is 2. The lowest BCUT2D eigenvalue weighted by molar-refractivity contribution is 0.122. The molecule has 0 bridgehead atoms. The highest BCUT2D eigenvalue weighted by molar-refractivity contribution is 5.46. The zero-order chi connectivity index (χ0) is 18.5. The first-order chi connectivity index (χ1) is 13.3. The van der Waals surface area contributed by atoms with Crippen molar-refractivity contribution in [2.75, 3.05) is 49.2 Å². The van der Waals surface area contributed by atoms with Gasteiger partial charge in [-0.3, -0.25) is 0 Å². The zero-order valence-electron chi connectivity index (χ0n) is 15.8. The van der Waals surface area contributed by atoms with E-state index < -0.39 is 0 Å². The van der Waals surface area contributed by atoms with Gasteiger partial charge in [0, 0.05) is 44.0 Å². The number of nitrogens with one attached hydrogen (secondary N) is 2. The molecule has 0 amide bonds. The number of ether oxygens (including phenoxy) is 1. The molecule has 10 heteroatoms. The molecular weight excluding hydrogens is 346 g/mol. The molecule has 2 aliphatic heterocycles. The lowest BCUT2D eigenvalue weighted by atomic mass is 10.0. The molecule has 2 aromatic rings. The third kappa shape index (κ3) is 4.51. The Bertz CT molecular complexity index is 709. The summed E-state index contributed by atoms with van der Waals surface area (Å²) in [5.74, 6) is 2.58. The molecule has 0 radical (unpaired) electrons. The second-order valence-corrected chi connectivity index (χ2v) is 6.94. The number of H-pyrrole nitrogens is 1. The van der Waals surface area contributed by atoms with Crippen LogP contribution in [0.2, 0.25) is 0 Å². The summed E-state index contributed by atoms with van der Waals surface area (Å²) in [6.45, 7) is 7.95. The number of morpholine rings is 1. The van der Waals surface area contributed by atoms with Crippen molar-refractivity contribution < 1.29 is 4.74 Å². The van der Waals surface area contributed by atoms with Crippen molar-refractivity contribution >= 4 is 11.8 Å². The lowest BCUT2D eigenvalue weighted by Crippen LogP contribution is -2.43. The van der Waals surface area contributed by atoms with E-state index in [0.29, 0.717) is 18.4 Å². The van der Waals surface area contributed by atoms with Crippen LogP contribution in [-0.2, 0) is 17.7 Å². The van der Waals surface area contributed by atoms with Crippen molar-refractivity contribution in [3.05, 3.63) is 17.6 Å². The summed E-state index contributed by atoms with van der Waals surface area (Å²) >= 11 is 0. The average Bonchev–Trinajstić information content (AvgIpc) is 3.26. The molecule has 27 heavy (non-hydrogen) atoms. The third-order valence-corrected chi connectivity index (χ3v) is 5.17. The molecule has 2 fully saturated rings. The van der Waals surface area contributed by atoms with Crippen LogP contribution in [0.4, 0.5) is 11.8 Å². The van der Waals surface area contributed by atoms with E-state index in [-0.39, 0.29) is 0 Å². The zero-order valence-corrected chi connectivity index (χ0v) is 15.8. The van der Waals surface area contributed by atoms with Gasteiger partial charge in [-0.05, 0) is 19.3 Å². The molecule has 0 spiro atoms. The summed E-state index contributed by atoms with van der Waals surface area (Å²) in [5.41, 5.74) is 1.10. The van der Waals surface area contributed by atoms with Crippen LogP contribution in [0.15, 0.2) is 6.07 Å². The number of hydrogen-bond donors (Lipinski definition) is 2. The predicted octanol–water partition coefficient (Wildman–Crippen LogP) is 0.147. The average molecular weight is 373 g/mol. The molecule has 146 valence electrons. The number of aromatic amines is 1. The fourth-order valence-electron chi connectivity index (χ4n) is 3.52. The van der Waals surface area contributed by atoms with Gasteiger partial charge < -0.3 is 19.9 Å². The van der Waals surface area contributed by atoms with Gasteiger partial charge >= 0.3 is 0 Å². The van der Waals surface area contributed by atoms with Gasteiger partial charge in [-0.2, -0.15) is 10.2 Å². The molecule has 2 N–H and O–H groups in total. The summed E-state index contributed by atoms with van der Waals surface area (Å²) in [7, 11) is 0. The Hall–Kier alpha value is -2.33. The molecule has 4 rings (SSSR count). The van der Waals surface area contributed by atoms with Crippen molar-refractivity contribution in [3.63, 3.8) is 0 Å². The maximum Gasteiger partial charge on any atom is 0.227 e. The van der Waals surface area contributed by atoms with Gasteiger partial charge in [0.15, 0.2) is 5.82 Å². The minimum absolute atomic E-state index is 0.464. The third-order valence-electron chi connectivity index (χ3n) is 5.17. The molecule has 2 saturated heterocycles. The first-order valence-corrected chi connectivity index (χ1v) is 9.73. The largest absolute Gasteiger partial charge is 0.378 e. The Balaban J connectivity index is 1.38. The van der Waals surface area contributed by atoms with Gasteiger partial charge in [0.25, 0.3) is 0 Å². The Morgan fingerprint density at radius 2 is 1.96 bits per heavy atom. The molecule has 10 nitrogen and oxygen atoms in total. The maximum absolute atomic E-state index is 5.46. The molecule has 0 atom stereocenters. The molecule has 2 aromatic heterocycles. The standard InChI is InChI=1S/C17H27N9O/c1-2-13-11-16(20-17(19-13)26-7-9-27-10-8-26)25-5-3-14(4-6-25)18-12-15-21-23-24-22-15/h11,14,18H,2-10,12H2,1H3,(H,21,22,23,24). The smallest absolute Gasteiger partial charge is 0.227 e. The van der Waals surface area contributed by atoms with Crippen LogP contribution in [-0.4, -0.2) is 76.0 Å². The van der Waals surface area contributed by atoms with Crippen molar-refractivity contribution in [2.45, 2.75) is 38.8 Å². The van der Waals surface area contributed by atoms with E-state index in [0.717, 1.165) is 76.1 Å². The molecular formula is C17H27N9O. The minimum Gasteiger partial charge on any atom is -0.378 e. The highest BCUT2D eigenvalue weighted by Crippen LogP contribution is 2.22.